The van der Waals surface area contributed by atoms with Gasteiger partial charge in [-0.25, -0.2) is 0 Å². The quantitative estimate of drug-likeness (QED) is 0.777. The fourth-order valence-corrected chi connectivity index (χ4v) is 2.67. The number of hydrogen-bond acceptors (Lipinski definition) is 4. The molecule has 5 nitrogen and oxygen atoms in total. The predicted molar refractivity (Wildman–Crippen MR) is 66.7 cm³/mol. The summed E-state index contributed by atoms with van der Waals surface area (Å²) in [5.74, 6) is -0.124. The number of piperidine rings is 1. The summed E-state index contributed by atoms with van der Waals surface area (Å²) in [6.45, 7) is 4.27. The molecule has 0 aromatic heterocycles. The van der Waals surface area contributed by atoms with Crippen LogP contribution in [0.25, 0.3) is 0 Å². The first kappa shape index (κ1) is 13.3. The summed E-state index contributed by atoms with van der Waals surface area (Å²) >= 11 is 0. The van der Waals surface area contributed by atoms with Crippen LogP contribution in [-0.4, -0.2) is 49.2 Å². The second-order valence-corrected chi connectivity index (χ2v) is 5.46. The summed E-state index contributed by atoms with van der Waals surface area (Å²) in [6.07, 6.45) is 2.13. The number of nitriles is 1. The fraction of sp³-hybridized carbons (Fsp3) is 0.846. The van der Waals surface area contributed by atoms with E-state index in [1.54, 1.807) is 0 Å². The molecular weight excluding hydrogens is 230 g/mol. The Bertz CT molecular complexity index is 356. The lowest BCUT2D eigenvalue weighted by atomic mass is 9.88. The standard InChI is InChI=1S/C13H21N3O2/c1-10-11(3-8-18-10)12(17)15-13(9-14)4-6-16(2)7-5-13/h10-11H,3-8H2,1-2H3,(H,15,17). The summed E-state index contributed by atoms with van der Waals surface area (Å²) in [6, 6.07) is 2.31. The van der Waals surface area contributed by atoms with Crippen LogP contribution in [0.15, 0.2) is 0 Å². The highest BCUT2D eigenvalue weighted by Gasteiger charge is 2.39. The van der Waals surface area contributed by atoms with Crippen LogP contribution in [0, 0.1) is 17.2 Å². The van der Waals surface area contributed by atoms with Gasteiger partial charge in [-0.3, -0.25) is 4.79 Å². The second-order valence-electron chi connectivity index (χ2n) is 5.46. The minimum Gasteiger partial charge on any atom is -0.378 e. The lowest BCUT2D eigenvalue weighted by Gasteiger charge is -2.36. The van der Waals surface area contributed by atoms with E-state index in [1.807, 2.05) is 14.0 Å². The van der Waals surface area contributed by atoms with Crippen LogP contribution in [0.4, 0.5) is 0 Å². The van der Waals surface area contributed by atoms with E-state index in [0.29, 0.717) is 19.4 Å². The smallest absolute Gasteiger partial charge is 0.227 e. The third-order valence-electron chi connectivity index (χ3n) is 4.13. The minimum absolute atomic E-state index is 0.0221. The number of carbonyl (C=O) groups excluding carboxylic acids is 1. The van der Waals surface area contributed by atoms with Crippen molar-refractivity contribution < 1.29 is 9.53 Å². The number of rotatable bonds is 2. The predicted octanol–water partition coefficient (Wildman–Crippen LogP) is 0.516. The zero-order chi connectivity index (χ0) is 13.2. The zero-order valence-electron chi connectivity index (χ0n) is 11.1. The monoisotopic (exact) mass is 251 g/mol. The molecule has 0 bridgehead atoms. The molecule has 1 amide bonds. The van der Waals surface area contributed by atoms with Gasteiger partial charge in [0.15, 0.2) is 0 Å². The van der Waals surface area contributed by atoms with Crippen LogP contribution in [0.5, 0.6) is 0 Å². The Morgan fingerprint density at radius 3 is 2.67 bits per heavy atom. The van der Waals surface area contributed by atoms with Crippen molar-refractivity contribution in [1.82, 2.24) is 10.2 Å². The molecule has 100 valence electrons. The maximum absolute atomic E-state index is 12.2. The second kappa shape index (κ2) is 5.25. The molecule has 0 aliphatic carbocycles. The number of carbonyl (C=O) groups is 1. The topological polar surface area (TPSA) is 65.4 Å². The molecule has 0 radical (unpaired) electrons. The largest absolute Gasteiger partial charge is 0.378 e. The van der Waals surface area contributed by atoms with Crippen molar-refractivity contribution in [2.24, 2.45) is 5.92 Å². The molecule has 2 aliphatic rings. The van der Waals surface area contributed by atoms with Gasteiger partial charge in [-0.15, -0.1) is 0 Å². The first-order valence-corrected chi connectivity index (χ1v) is 6.60. The molecule has 2 unspecified atom stereocenters. The Kier molecular flexibility index (Phi) is 3.88. The first-order chi connectivity index (χ1) is 8.56. The molecule has 2 atom stereocenters. The summed E-state index contributed by atoms with van der Waals surface area (Å²) in [5, 5.41) is 12.3. The Balaban J connectivity index is 1.98. The van der Waals surface area contributed by atoms with Crippen molar-refractivity contribution in [3.05, 3.63) is 0 Å². The lowest BCUT2D eigenvalue weighted by molar-refractivity contribution is -0.128. The van der Waals surface area contributed by atoms with E-state index in [1.165, 1.54) is 0 Å². The van der Waals surface area contributed by atoms with Crippen molar-refractivity contribution >= 4 is 5.91 Å². The van der Waals surface area contributed by atoms with Crippen LogP contribution in [0.3, 0.4) is 0 Å². The van der Waals surface area contributed by atoms with E-state index in [-0.39, 0.29) is 17.9 Å². The van der Waals surface area contributed by atoms with Gasteiger partial charge >= 0.3 is 0 Å². The van der Waals surface area contributed by atoms with Crippen LogP contribution in [-0.2, 0) is 9.53 Å². The van der Waals surface area contributed by atoms with E-state index < -0.39 is 5.54 Å². The Labute approximate surface area is 108 Å². The molecule has 0 aromatic rings. The van der Waals surface area contributed by atoms with E-state index in [4.69, 9.17) is 4.74 Å². The number of nitrogens with zero attached hydrogens (tertiary/aromatic N) is 2. The van der Waals surface area contributed by atoms with Gasteiger partial charge in [0.1, 0.15) is 5.54 Å². The normalized spacial score (nSPS) is 31.8. The fourth-order valence-electron chi connectivity index (χ4n) is 2.67. The van der Waals surface area contributed by atoms with Gasteiger partial charge in [-0.05, 0) is 33.2 Å². The molecule has 2 aliphatic heterocycles. The number of ether oxygens (including phenoxy) is 1. The summed E-state index contributed by atoms with van der Waals surface area (Å²) in [4.78, 5) is 14.4. The average Bonchev–Trinajstić information content (AvgIpc) is 2.79. The molecule has 1 N–H and O–H groups in total. The Morgan fingerprint density at radius 2 is 2.17 bits per heavy atom. The van der Waals surface area contributed by atoms with E-state index >= 15 is 0 Å². The van der Waals surface area contributed by atoms with E-state index in [0.717, 1.165) is 19.5 Å². The maximum Gasteiger partial charge on any atom is 0.227 e. The third kappa shape index (κ3) is 2.65. The minimum atomic E-state index is -0.675. The highest BCUT2D eigenvalue weighted by atomic mass is 16.5. The molecule has 0 aromatic carbocycles. The maximum atomic E-state index is 12.2. The Hall–Kier alpha value is -1.12. The van der Waals surface area contributed by atoms with Crippen LogP contribution >= 0.6 is 0 Å². The molecule has 5 heteroatoms. The molecule has 2 saturated heterocycles. The van der Waals surface area contributed by atoms with Gasteiger partial charge < -0.3 is 15.0 Å². The average molecular weight is 251 g/mol. The number of nitrogens with one attached hydrogen (secondary N) is 1. The van der Waals surface area contributed by atoms with Crippen molar-refractivity contribution in [2.45, 2.75) is 37.8 Å². The van der Waals surface area contributed by atoms with Gasteiger partial charge in [0.05, 0.1) is 18.1 Å². The molecule has 2 heterocycles. The lowest BCUT2D eigenvalue weighted by Crippen LogP contribution is -2.55. The highest BCUT2D eigenvalue weighted by Crippen LogP contribution is 2.25. The molecule has 0 saturated carbocycles. The molecule has 0 spiro atoms. The summed E-state index contributed by atoms with van der Waals surface area (Å²) in [7, 11) is 2.04. The summed E-state index contributed by atoms with van der Waals surface area (Å²) in [5.41, 5.74) is -0.675. The third-order valence-corrected chi connectivity index (χ3v) is 4.13. The van der Waals surface area contributed by atoms with Crippen molar-refractivity contribution in [1.29, 1.82) is 5.26 Å². The van der Waals surface area contributed by atoms with Gasteiger partial charge in [0.2, 0.25) is 5.91 Å². The van der Waals surface area contributed by atoms with Gasteiger partial charge in [-0.1, -0.05) is 0 Å². The first-order valence-electron chi connectivity index (χ1n) is 6.60. The van der Waals surface area contributed by atoms with E-state index in [2.05, 4.69) is 16.3 Å². The van der Waals surface area contributed by atoms with Crippen molar-refractivity contribution in [3.63, 3.8) is 0 Å². The molecular formula is C13H21N3O2. The van der Waals surface area contributed by atoms with Crippen molar-refractivity contribution in [3.8, 4) is 6.07 Å². The van der Waals surface area contributed by atoms with Gasteiger partial charge in [0, 0.05) is 19.7 Å². The number of hydrogen-bond donors (Lipinski definition) is 1. The zero-order valence-corrected chi connectivity index (χ0v) is 11.1. The van der Waals surface area contributed by atoms with Gasteiger partial charge in [-0.2, -0.15) is 5.26 Å². The Morgan fingerprint density at radius 1 is 1.50 bits per heavy atom. The molecule has 18 heavy (non-hydrogen) atoms. The molecule has 2 fully saturated rings. The molecule has 2 rings (SSSR count). The SMILES string of the molecule is CC1OCCC1C(=O)NC1(C#N)CCN(C)CC1. The van der Waals surface area contributed by atoms with Crippen LogP contribution in [0.1, 0.15) is 26.2 Å². The highest BCUT2D eigenvalue weighted by molar-refractivity contribution is 5.80. The van der Waals surface area contributed by atoms with Crippen LogP contribution < -0.4 is 5.32 Å². The van der Waals surface area contributed by atoms with Gasteiger partial charge in [0.25, 0.3) is 0 Å². The summed E-state index contributed by atoms with van der Waals surface area (Å²) < 4.78 is 5.41. The van der Waals surface area contributed by atoms with Crippen molar-refractivity contribution in [2.75, 3.05) is 26.7 Å². The number of likely N-dealkylation sites (tertiary alicyclic amines) is 1. The number of amides is 1. The van der Waals surface area contributed by atoms with Crippen LogP contribution in [0.2, 0.25) is 0 Å². The van der Waals surface area contributed by atoms with E-state index in [9.17, 15) is 10.1 Å².